The Morgan fingerprint density at radius 2 is 0.811 bits per heavy atom. The van der Waals surface area contributed by atoms with Gasteiger partial charge in [-0.25, -0.2) is 0 Å². The first-order valence-electron chi connectivity index (χ1n) is 23.8. The van der Waals surface area contributed by atoms with Gasteiger partial charge in [-0.05, 0) is 127 Å². The summed E-state index contributed by atoms with van der Waals surface area (Å²) in [5, 5.41) is 7.47. The fourth-order valence-corrected chi connectivity index (χ4v) is 14.8. The van der Waals surface area contributed by atoms with Crippen LogP contribution in [-0.2, 0) is 37.7 Å². The maximum absolute atomic E-state index is 15.4. The lowest BCUT2D eigenvalue weighted by Crippen LogP contribution is -2.45. The van der Waals surface area contributed by atoms with Gasteiger partial charge in [0.1, 0.15) is 13.2 Å². The molecule has 0 aliphatic heterocycles. The topological polar surface area (TPSA) is 121 Å². The van der Waals surface area contributed by atoms with E-state index in [9.17, 15) is 19.2 Å². The third-order valence-electron chi connectivity index (χ3n) is 14.4. The highest BCUT2D eigenvalue weighted by atomic mass is 32.1. The second-order valence-electron chi connectivity index (χ2n) is 18.7. The molecular weight excluding hydrogens is 981 g/mol. The van der Waals surface area contributed by atoms with Crippen molar-refractivity contribution in [3.05, 3.63) is 235 Å². The molecule has 11 heteroatoms. The van der Waals surface area contributed by atoms with Crippen LogP contribution in [0.4, 0.5) is 0 Å². The van der Waals surface area contributed by atoms with E-state index in [1.807, 2.05) is 140 Å². The van der Waals surface area contributed by atoms with Gasteiger partial charge in [0.15, 0.2) is 23.1 Å². The Bertz CT molecular complexity index is 4230. The molecule has 352 valence electrons. The van der Waals surface area contributed by atoms with Crippen LogP contribution in [0, 0.1) is 0 Å². The van der Waals surface area contributed by atoms with Crippen molar-refractivity contribution < 1.29 is 38.2 Å². The first kappa shape index (κ1) is 44.0. The fourth-order valence-electron chi connectivity index (χ4n) is 10.8. The Morgan fingerprint density at radius 1 is 0.419 bits per heavy atom. The smallest absolute Gasteiger partial charge is 0.333 e. The molecule has 14 rings (SSSR count). The quantitative estimate of drug-likeness (QED) is 0.0485. The van der Waals surface area contributed by atoms with E-state index in [2.05, 4.69) is 0 Å². The third-order valence-corrected chi connectivity index (χ3v) is 18.0. The first-order valence-corrected chi connectivity index (χ1v) is 26.2. The number of carbonyl (C=O) groups excluding carboxylic acids is 6. The molecule has 3 aliphatic carbocycles. The number of hydrogen-bond donors (Lipinski definition) is 0. The number of ether oxygens (including phenoxy) is 2. The highest BCUT2D eigenvalue weighted by molar-refractivity contribution is 7.32. The number of carbonyl (C=O) groups is 6. The maximum Gasteiger partial charge on any atom is 0.333 e. The molecule has 0 atom stereocenters. The minimum absolute atomic E-state index is 0.0200. The molecule has 3 aliphatic rings. The lowest BCUT2D eigenvalue weighted by atomic mass is 9.79. The first-order chi connectivity index (χ1) is 36.1. The average Bonchev–Trinajstić information content (AvgIpc) is 4.26. The molecule has 0 spiro atoms. The molecule has 0 radical (unpaired) electrons. The summed E-state index contributed by atoms with van der Waals surface area (Å²) in [5.74, 6) is -3.29. The van der Waals surface area contributed by atoms with E-state index >= 15 is 9.59 Å². The summed E-state index contributed by atoms with van der Waals surface area (Å²) in [6.07, 6.45) is 3.16. The van der Waals surface area contributed by atoms with Crippen molar-refractivity contribution in [1.29, 1.82) is 0 Å². The normalized spacial score (nSPS) is 14.3. The predicted octanol–water partition coefficient (Wildman–Crippen LogP) is 14.3. The van der Waals surface area contributed by atoms with Crippen LogP contribution >= 0.6 is 34.0 Å². The van der Waals surface area contributed by atoms with Gasteiger partial charge in [-0.1, -0.05) is 109 Å². The van der Waals surface area contributed by atoms with Crippen LogP contribution in [0.25, 0.3) is 74.4 Å². The molecule has 3 heterocycles. The van der Waals surface area contributed by atoms with Crippen LogP contribution in [0.5, 0.6) is 0 Å². The number of ketones is 4. The van der Waals surface area contributed by atoms with Gasteiger partial charge in [-0.2, -0.15) is 0 Å². The lowest BCUT2D eigenvalue weighted by molar-refractivity contribution is -0.164. The monoisotopic (exact) mass is 1010 g/mol. The van der Waals surface area contributed by atoms with E-state index in [-0.39, 0.29) is 35.9 Å². The zero-order valence-electron chi connectivity index (χ0n) is 38.7. The van der Waals surface area contributed by atoms with E-state index in [4.69, 9.17) is 9.47 Å². The highest BCUT2D eigenvalue weighted by Gasteiger charge is 2.61. The van der Waals surface area contributed by atoms with E-state index < -0.39 is 28.9 Å². The zero-order chi connectivity index (χ0) is 50.0. The molecule has 11 aromatic rings. The van der Waals surface area contributed by atoms with Gasteiger partial charge in [0.05, 0.1) is 25.6 Å². The Morgan fingerprint density at radius 3 is 1.23 bits per heavy atom. The number of fused-ring (bicyclic) bond motifs is 11. The van der Waals surface area contributed by atoms with Crippen LogP contribution in [-0.4, -0.2) is 35.1 Å². The Labute approximate surface area is 433 Å². The van der Waals surface area contributed by atoms with Crippen molar-refractivity contribution in [1.82, 2.24) is 0 Å². The zero-order valence-corrected chi connectivity index (χ0v) is 41.2. The Hall–Kier alpha value is -8.74. The summed E-state index contributed by atoms with van der Waals surface area (Å²) in [4.78, 5) is 89.9. The van der Waals surface area contributed by atoms with Crippen molar-refractivity contribution in [3.8, 4) is 9.75 Å². The number of esters is 2. The van der Waals surface area contributed by atoms with E-state index in [0.29, 0.717) is 73.4 Å². The number of benzene rings is 8. The van der Waals surface area contributed by atoms with Crippen molar-refractivity contribution in [3.63, 3.8) is 0 Å². The maximum atomic E-state index is 15.4. The standard InChI is InChI=1S/C63H34O8S3/c64-54-45-23-39-19-35-15-7-8-16-36(35)20-40(39)24-46(45)55(65)49(54)27-43-29-51-58(72-43)60-53(63(51,61(68)70-31-33-11-3-1-4-12-33)62(69)71-32-34-13-5-2-6-14-34)59-52(74-60)30-44(73-59)28-50-56(66)47-25-41-21-37-17-9-10-18-38(37)22-42(41)26-48(47)57(50)67/h1-30H,31-32H2. The van der Waals surface area contributed by atoms with Crippen LogP contribution in [0.15, 0.2) is 181 Å². The molecule has 0 N–H and O–H groups in total. The SMILES string of the molecule is O=C1C(=Cc2cc3c(s2)-c2sc4cc(C=C5C(=O)c6cc7cc8ccccc8cc7cc6C5=O)sc4c2C3(C(=O)OCc2ccccc2)C(=O)OCc2ccccc2)C(=O)c2cc3cc4ccccc4cc3cc21. The average molecular weight is 1020 g/mol. The second kappa shape index (κ2) is 16.7. The van der Waals surface area contributed by atoms with Crippen molar-refractivity contribution in [2.45, 2.75) is 18.6 Å². The summed E-state index contributed by atoms with van der Waals surface area (Å²) in [6.45, 7) is -0.287. The fraction of sp³-hybridized carbons (Fsp3) is 0.0476. The summed E-state index contributed by atoms with van der Waals surface area (Å²) in [7, 11) is 0. The van der Waals surface area contributed by atoms with Gasteiger partial charge in [0.25, 0.3) is 0 Å². The van der Waals surface area contributed by atoms with Crippen LogP contribution in [0.3, 0.4) is 0 Å². The van der Waals surface area contributed by atoms with E-state index in [1.54, 1.807) is 42.5 Å². The number of allylic oxidation sites excluding steroid dienone is 2. The summed E-state index contributed by atoms with van der Waals surface area (Å²) >= 11 is 3.90. The van der Waals surface area contributed by atoms with E-state index in [1.165, 1.54) is 34.0 Å². The Balaban J connectivity index is 0.899. The van der Waals surface area contributed by atoms with Crippen LogP contribution < -0.4 is 0 Å². The van der Waals surface area contributed by atoms with Gasteiger partial charge in [-0.15, -0.1) is 34.0 Å². The van der Waals surface area contributed by atoms with Crippen molar-refractivity contribution in [2.24, 2.45) is 0 Å². The molecular formula is C63H34O8S3. The third kappa shape index (κ3) is 6.70. The summed E-state index contributed by atoms with van der Waals surface area (Å²) in [6, 6.07) is 53.0. The molecule has 0 unspecified atom stereocenters. The minimum atomic E-state index is -2.17. The number of thiophene rings is 3. The summed E-state index contributed by atoms with van der Waals surface area (Å²) in [5.41, 5.74) is 1.25. The largest absolute Gasteiger partial charge is 0.459 e. The number of hydrogen-bond acceptors (Lipinski definition) is 11. The predicted molar refractivity (Wildman–Crippen MR) is 292 cm³/mol. The summed E-state index contributed by atoms with van der Waals surface area (Å²) < 4.78 is 13.7. The molecule has 74 heavy (non-hydrogen) atoms. The van der Waals surface area contributed by atoms with Crippen molar-refractivity contribution in [2.75, 3.05) is 0 Å². The van der Waals surface area contributed by atoms with E-state index in [0.717, 1.165) is 43.1 Å². The molecule has 0 fully saturated rings. The van der Waals surface area contributed by atoms with Gasteiger partial charge in [0, 0.05) is 47.8 Å². The lowest BCUT2D eigenvalue weighted by Gasteiger charge is -2.26. The molecule has 8 aromatic carbocycles. The van der Waals surface area contributed by atoms with Gasteiger partial charge < -0.3 is 9.47 Å². The van der Waals surface area contributed by atoms with Gasteiger partial charge in [-0.3, -0.25) is 28.8 Å². The van der Waals surface area contributed by atoms with Crippen LogP contribution in [0.1, 0.15) is 73.4 Å². The molecule has 0 saturated heterocycles. The molecule has 0 saturated carbocycles. The van der Waals surface area contributed by atoms with Crippen LogP contribution in [0.2, 0.25) is 0 Å². The molecule has 0 amide bonds. The molecule has 0 bridgehead atoms. The molecule has 3 aromatic heterocycles. The highest BCUT2D eigenvalue weighted by Crippen LogP contribution is 2.61. The van der Waals surface area contributed by atoms with Gasteiger partial charge >= 0.3 is 11.9 Å². The second-order valence-corrected chi connectivity index (χ2v) is 22.0. The Kier molecular flexibility index (Phi) is 9.90. The molecule has 8 nitrogen and oxygen atoms in total. The van der Waals surface area contributed by atoms with Crippen molar-refractivity contribution >= 4 is 134 Å². The minimum Gasteiger partial charge on any atom is -0.459 e. The van der Waals surface area contributed by atoms with Gasteiger partial charge in [0.2, 0.25) is 5.41 Å². The number of rotatable bonds is 8. The number of Topliss-reactive ketones (excluding diaryl/α,β-unsaturated/α-hetero) is 4.